The summed E-state index contributed by atoms with van der Waals surface area (Å²) in [4.78, 5) is 2.15. The van der Waals surface area contributed by atoms with Crippen molar-refractivity contribution in [3.63, 3.8) is 0 Å². The van der Waals surface area contributed by atoms with E-state index in [9.17, 15) is 13.2 Å². The summed E-state index contributed by atoms with van der Waals surface area (Å²) in [5.41, 5.74) is 5.44. The van der Waals surface area contributed by atoms with Crippen LogP contribution in [0.5, 0.6) is 0 Å². The third-order valence-corrected chi connectivity index (χ3v) is 4.52. The Labute approximate surface area is 112 Å². The normalized spacial score (nSPS) is 30.2. The smallest absolute Gasteiger partial charge is 0.330 e. The number of hydrogen-bond acceptors (Lipinski definition) is 2. The van der Waals surface area contributed by atoms with Gasteiger partial charge in [0.1, 0.15) is 0 Å². The van der Waals surface area contributed by atoms with Gasteiger partial charge in [-0.25, -0.2) is 0 Å². The lowest BCUT2D eigenvalue weighted by molar-refractivity contribution is -0.0961. The van der Waals surface area contributed by atoms with Gasteiger partial charge in [0.15, 0.2) is 0 Å². The molecule has 0 bridgehead atoms. The van der Waals surface area contributed by atoms with Gasteiger partial charge >= 0.3 is 6.18 Å². The van der Waals surface area contributed by atoms with Crippen LogP contribution in [0.2, 0.25) is 0 Å². The van der Waals surface area contributed by atoms with Crippen molar-refractivity contribution in [2.45, 2.75) is 38.3 Å². The van der Waals surface area contributed by atoms with E-state index in [0.717, 1.165) is 6.54 Å². The average Bonchev–Trinajstić information content (AvgIpc) is 2.39. The number of nitrogens with two attached hydrogens (primary N) is 1. The molecule has 1 aliphatic carbocycles. The zero-order chi connectivity index (χ0) is 13.9. The Kier molecular flexibility index (Phi) is 4.90. The van der Waals surface area contributed by atoms with Crippen LogP contribution in [0.3, 0.4) is 0 Å². The molecule has 1 fully saturated rings. The van der Waals surface area contributed by atoms with Crippen molar-refractivity contribution >= 4 is 0 Å². The van der Waals surface area contributed by atoms with E-state index in [2.05, 4.69) is 4.90 Å². The molecule has 0 saturated heterocycles. The number of hydrogen-bond donors (Lipinski definition) is 1. The van der Waals surface area contributed by atoms with Crippen molar-refractivity contribution in [3.8, 4) is 0 Å². The first-order valence-corrected chi connectivity index (χ1v) is 7.19. The van der Waals surface area contributed by atoms with Gasteiger partial charge in [-0.15, -0.1) is 0 Å². The van der Waals surface area contributed by atoms with Crippen molar-refractivity contribution in [1.82, 2.24) is 4.90 Å². The Morgan fingerprint density at radius 3 is 2.42 bits per heavy atom. The zero-order valence-corrected chi connectivity index (χ0v) is 11.3. The highest BCUT2D eigenvalue weighted by Gasteiger charge is 2.35. The summed E-state index contributed by atoms with van der Waals surface area (Å²) in [5, 5.41) is 0. The maximum absolute atomic E-state index is 12.5. The van der Waals surface area contributed by atoms with Gasteiger partial charge in [0.05, 0.1) is 0 Å². The summed E-state index contributed by atoms with van der Waals surface area (Å²) in [6, 6.07) is 0. The second-order valence-corrected chi connectivity index (χ2v) is 5.78. The van der Waals surface area contributed by atoms with E-state index in [1.165, 1.54) is 31.8 Å². The number of alkyl halides is 3. The third kappa shape index (κ3) is 3.96. The minimum atomic E-state index is -4.14. The topological polar surface area (TPSA) is 29.3 Å². The number of rotatable bonds is 3. The minimum absolute atomic E-state index is 0.128. The number of nitrogens with zero attached hydrogens (tertiary/aromatic N) is 1. The van der Waals surface area contributed by atoms with E-state index < -0.39 is 6.18 Å². The highest BCUT2D eigenvalue weighted by atomic mass is 19.4. The monoisotopic (exact) mass is 276 g/mol. The van der Waals surface area contributed by atoms with E-state index in [0.29, 0.717) is 31.5 Å². The minimum Gasteiger partial charge on any atom is -0.330 e. The summed E-state index contributed by atoms with van der Waals surface area (Å²) in [7, 11) is 0. The molecule has 2 N–H and O–H groups in total. The molecule has 0 radical (unpaired) electrons. The van der Waals surface area contributed by atoms with Crippen LogP contribution < -0.4 is 5.73 Å². The van der Waals surface area contributed by atoms with Crippen LogP contribution in [0.4, 0.5) is 13.2 Å². The Morgan fingerprint density at radius 2 is 1.89 bits per heavy atom. The van der Waals surface area contributed by atoms with E-state index >= 15 is 0 Å². The average molecular weight is 276 g/mol. The first-order valence-electron chi connectivity index (χ1n) is 7.19. The molecule has 1 saturated carbocycles. The van der Waals surface area contributed by atoms with Crippen LogP contribution >= 0.6 is 0 Å². The molecule has 2 aliphatic rings. The Bertz CT molecular complexity index is 325. The zero-order valence-electron chi connectivity index (χ0n) is 11.3. The van der Waals surface area contributed by atoms with Gasteiger partial charge in [-0.05, 0) is 37.6 Å². The van der Waals surface area contributed by atoms with Crippen LogP contribution in [0, 0.1) is 11.8 Å². The lowest BCUT2D eigenvalue weighted by Gasteiger charge is -2.36. The summed E-state index contributed by atoms with van der Waals surface area (Å²) in [6.45, 7) is 2.58. The molecule has 110 valence electrons. The number of halogens is 3. The maximum Gasteiger partial charge on any atom is 0.412 e. The van der Waals surface area contributed by atoms with Crippen molar-refractivity contribution in [2.24, 2.45) is 17.6 Å². The summed E-state index contributed by atoms with van der Waals surface area (Å²) in [5.74, 6) is 1.13. The van der Waals surface area contributed by atoms with Gasteiger partial charge in [0, 0.05) is 25.2 Å². The molecule has 2 atom stereocenters. The van der Waals surface area contributed by atoms with Crippen molar-refractivity contribution in [1.29, 1.82) is 0 Å². The molecular formula is C14H23F3N2. The lowest BCUT2D eigenvalue weighted by atomic mass is 9.79. The third-order valence-electron chi connectivity index (χ3n) is 4.52. The molecule has 1 aliphatic heterocycles. The predicted octanol–water partition coefficient (Wildman–Crippen LogP) is 2.95. The molecule has 0 aromatic heterocycles. The van der Waals surface area contributed by atoms with Crippen LogP contribution in [-0.4, -0.2) is 37.3 Å². The summed E-state index contributed by atoms with van der Waals surface area (Å²) < 4.78 is 37.6. The molecule has 19 heavy (non-hydrogen) atoms. The van der Waals surface area contributed by atoms with Gasteiger partial charge in [-0.3, -0.25) is 4.90 Å². The fourth-order valence-corrected chi connectivity index (χ4v) is 3.30. The van der Waals surface area contributed by atoms with Crippen LogP contribution in [-0.2, 0) is 0 Å². The first kappa shape index (κ1) is 14.9. The van der Waals surface area contributed by atoms with Gasteiger partial charge in [0.2, 0.25) is 0 Å². The van der Waals surface area contributed by atoms with E-state index in [4.69, 9.17) is 5.73 Å². The van der Waals surface area contributed by atoms with Crippen molar-refractivity contribution in [2.75, 3.05) is 26.2 Å². The molecule has 0 aromatic carbocycles. The molecule has 2 nitrogen and oxygen atoms in total. The van der Waals surface area contributed by atoms with Crippen LogP contribution in [0.25, 0.3) is 0 Å². The fourth-order valence-electron chi connectivity index (χ4n) is 3.30. The van der Waals surface area contributed by atoms with Crippen LogP contribution in [0.1, 0.15) is 32.1 Å². The van der Waals surface area contributed by atoms with E-state index in [1.54, 1.807) is 0 Å². The van der Waals surface area contributed by atoms with Gasteiger partial charge < -0.3 is 5.73 Å². The van der Waals surface area contributed by atoms with Gasteiger partial charge in [-0.2, -0.15) is 13.2 Å². The van der Waals surface area contributed by atoms with Crippen molar-refractivity contribution in [3.05, 3.63) is 11.6 Å². The predicted molar refractivity (Wildman–Crippen MR) is 69.7 cm³/mol. The summed E-state index contributed by atoms with van der Waals surface area (Å²) >= 11 is 0. The fraction of sp³-hybridized carbons (Fsp3) is 0.857. The largest absolute Gasteiger partial charge is 0.412 e. The Hall–Kier alpha value is -0.550. The molecule has 1 heterocycles. The second kappa shape index (κ2) is 6.27. The lowest BCUT2D eigenvalue weighted by Crippen LogP contribution is -2.40. The highest BCUT2D eigenvalue weighted by Crippen LogP contribution is 2.33. The SMILES string of the molecule is NCC1CCCCC1CN1CC=C(C(F)(F)F)CC1. The molecule has 0 amide bonds. The quantitative estimate of drug-likeness (QED) is 0.803. The molecule has 0 spiro atoms. The Morgan fingerprint density at radius 1 is 1.21 bits per heavy atom. The Balaban J connectivity index is 1.86. The van der Waals surface area contributed by atoms with Gasteiger partial charge in [-0.1, -0.05) is 18.9 Å². The maximum atomic E-state index is 12.5. The van der Waals surface area contributed by atoms with Gasteiger partial charge in [0.25, 0.3) is 0 Å². The molecule has 5 heteroatoms. The molecule has 0 aromatic rings. The second-order valence-electron chi connectivity index (χ2n) is 5.78. The van der Waals surface area contributed by atoms with Crippen molar-refractivity contribution < 1.29 is 13.2 Å². The van der Waals surface area contributed by atoms with Crippen LogP contribution in [0.15, 0.2) is 11.6 Å². The molecule has 2 unspecified atom stereocenters. The highest BCUT2D eigenvalue weighted by molar-refractivity contribution is 5.13. The standard InChI is InChI=1S/C14H23F3N2/c15-14(16,17)13-5-7-19(8-6-13)10-12-4-2-1-3-11(12)9-18/h5,11-12H,1-4,6-10,18H2. The summed E-state index contributed by atoms with van der Waals surface area (Å²) in [6.07, 6.45) is 2.17. The molecule has 2 rings (SSSR count). The van der Waals surface area contributed by atoms with E-state index in [-0.39, 0.29) is 12.0 Å². The first-order chi connectivity index (χ1) is 9.00. The van der Waals surface area contributed by atoms with E-state index in [1.807, 2.05) is 0 Å². The molecular weight excluding hydrogens is 253 g/mol.